The number of methoxy groups -OCH3 is 1. The van der Waals surface area contributed by atoms with E-state index in [1.54, 1.807) is 12.0 Å². The van der Waals surface area contributed by atoms with E-state index in [0.717, 1.165) is 43.8 Å². The molecule has 174 valence electrons. The molecule has 2 aromatic carbocycles. The largest absolute Gasteiger partial charge is 0.497 e. The number of rotatable bonds is 8. The number of urea groups is 1. The fraction of sp³-hybridized carbons (Fsp3) is 0.435. The average Bonchev–Trinajstić information content (AvgIpc) is 2.79. The van der Waals surface area contributed by atoms with Gasteiger partial charge in [0.25, 0.3) is 0 Å². The molecule has 0 unspecified atom stereocenters. The fourth-order valence-electron chi connectivity index (χ4n) is 3.49. The molecule has 6 nitrogen and oxygen atoms in total. The molecule has 3 rings (SSSR count). The first-order valence-electron chi connectivity index (χ1n) is 10.5. The van der Waals surface area contributed by atoms with Gasteiger partial charge >= 0.3 is 12.2 Å². The van der Waals surface area contributed by atoms with Gasteiger partial charge in [-0.15, -0.1) is 0 Å². The lowest BCUT2D eigenvalue weighted by Gasteiger charge is -2.28. The minimum Gasteiger partial charge on any atom is -0.497 e. The molecule has 1 fully saturated rings. The van der Waals surface area contributed by atoms with Crippen molar-refractivity contribution in [1.29, 1.82) is 0 Å². The van der Waals surface area contributed by atoms with Crippen LogP contribution in [0.1, 0.15) is 17.5 Å². The minimum atomic E-state index is -4.47. The Bertz CT molecular complexity index is 869. The Morgan fingerprint density at radius 3 is 2.53 bits per heavy atom. The first-order valence-corrected chi connectivity index (χ1v) is 10.5. The highest BCUT2D eigenvalue weighted by Gasteiger charge is 2.30. The van der Waals surface area contributed by atoms with Crippen LogP contribution in [0.4, 0.5) is 23.7 Å². The lowest BCUT2D eigenvalue weighted by atomic mass is 10.2. The van der Waals surface area contributed by atoms with Crippen molar-refractivity contribution in [2.24, 2.45) is 0 Å². The second kappa shape index (κ2) is 11.2. The Morgan fingerprint density at radius 1 is 1.16 bits per heavy atom. The molecular formula is C23H28F3N3O3. The van der Waals surface area contributed by atoms with Gasteiger partial charge in [0.2, 0.25) is 0 Å². The molecule has 0 aromatic heterocycles. The highest BCUT2D eigenvalue weighted by molar-refractivity contribution is 5.89. The Hall–Kier alpha value is -2.78. The Morgan fingerprint density at radius 2 is 1.88 bits per heavy atom. The number of carbonyl (C=O) groups excluding carboxylic acids is 1. The van der Waals surface area contributed by atoms with E-state index in [1.165, 1.54) is 12.1 Å². The number of anilines is 1. The number of hydrogen-bond acceptors (Lipinski definition) is 4. The van der Waals surface area contributed by atoms with E-state index in [2.05, 4.69) is 10.2 Å². The monoisotopic (exact) mass is 451 g/mol. The summed E-state index contributed by atoms with van der Waals surface area (Å²) in [5.41, 5.74) is 0.207. The molecule has 1 N–H and O–H groups in total. The first-order chi connectivity index (χ1) is 15.3. The van der Waals surface area contributed by atoms with Gasteiger partial charge in [0.15, 0.2) is 0 Å². The summed E-state index contributed by atoms with van der Waals surface area (Å²) in [6.45, 7) is 4.73. The van der Waals surface area contributed by atoms with Crippen LogP contribution in [0.2, 0.25) is 0 Å². The van der Waals surface area contributed by atoms with Crippen LogP contribution in [-0.2, 0) is 17.5 Å². The number of hydrogen-bond donors (Lipinski definition) is 1. The highest BCUT2D eigenvalue weighted by Crippen LogP contribution is 2.30. The molecule has 0 aliphatic carbocycles. The zero-order valence-electron chi connectivity index (χ0n) is 18.0. The Labute approximate surface area is 185 Å². The minimum absolute atomic E-state index is 0.109. The van der Waals surface area contributed by atoms with Crippen molar-refractivity contribution >= 4 is 11.7 Å². The molecular weight excluding hydrogens is 423 g/mol. The van der Waals surface area contributed by atoms with Crippen LogP contribution in [0.3, 0.4) is 0 Å². The number of benzene rings is 2. The van der Waals surface area contributed by atoms with E-state index in [9.17, 15) is 18.0 Å². The number of morpholine rings is 1. The van der Waals surface area contributed by atoms with E-state index in [4.69, 9.17) is 9.47 Å². The van der Waals surface area contributed by atoms with Gasteiger partial charge in [0.05, 0.1) is 25.9 Å². The molecule has 1 heterocycles. The summed E-state index contributed by atoms with van der Waals surface area (Å²) in [5, 5.41) is 2.61. The third-order valence-electron chi connectivity index (χ3n) is 5.27. The predicted octanol–water partition coefficient (Wildman–Crippen LogP) is 4.47. The van der Waals surface area contributed by atoms with Crippen LogP contribution in [-0.4, -0.2) is 62.3 Å². The molecule has 0 atom stereocenters. The topological polar surface area (TPSA) is 54.0 Å². The van der Waals surface area contributed by atoms with Crippen molar-refractivity contribution in [2.45, 2.75) is 19.1 Å². The van der Waals surface area contributed by atoms with Crippen LogP contribution in [0.5, 0.6) is 5.75 Å². The molecule has 0 saturated carbocycles. The SMILES string of the molecule is COc1ccc(CN(CCCN2CCOCC2)C(=O)Nc2cccc(C(F)(F)F)c2)cc1. The number of ether oxygens (including phenoxy) is 2. The summed E-state index contributed by atoms with van der Waals surface area (Å²) < 4.78 is 49.6. The third kappa shape index (κ3) is 7.13. The number of nitrogens with one attached hydrogen (secondary N) is 1. The van der Waals surface area contributed by atoms with Crippen molar-refractivity contribution in [1.82, 2.24) is 9.80 Å². The summed E-state index contributed by atoms with van der Waals surface area (Å²) in [4.78, 5) is 16.8. The van der Waals surface area contributed by atoms with Crippen molar-refractivity contribution in [3.8, 4) is 5.75 Å². The predicted molar refractivity (Wildman–Crippen MR) is 116 cm³/mol. The normalized spacial score (nSPS) is 14.8. The molecule has 1 saturated heterocycles. The van der Waals surface area contributed by atoms with Gasteiger partial charge in [-0.05, 0) is 42.3 Å². The molecule has 9 heteroatoms. The standard InChI is InChI=1S/C23H28F3N3O3/c1-31-21-8-6-18(7-9-21)17-29(11-3-10-28-12-14-32-15-13-28)22(30)27-20-5-2-4-19(16-20)23(24,25)26/h2,4-9,16H,3,10-15,17H2,1H3,(H,27,30). The molecule has 1 aliphatic heterocycles. The molecule has 0 spiro atoms. The summed E-state index contributed by atoms with van der Waals surface area (Å²) in [6.07, 6.45) is -3.73. The second-order valence-corrected chi connectivity index (χ2v) is 7.59. The maximum atomic E-state index is 13.0. The number of nitrogens with zero attached hydrogens (tertiary/aromatic N) is 2. The van der Waals surface area contributed by atoms with Crippen LogP contribution in [0.15, 0.2) is 48.5 Å². The number of alkyl halides is 3. The quantitative estimate of drug-likeness (QED) is 0.644. The van der Waals surface area contributed by atoms with E-state index in [-0.39, 0.29) is 5.69 Å². The van der Waals surface area contributed by atoms with Crippen LogP contribution in [0.25, 0.3) is 0 Å². The van der Waals surface area contributed by atoms with E-state index in [1.807, 2.05) is 24.3 Å². The van der Waals surface area contributed by atoms with Gasteiger partial charge in [-0.1, -0.05) is 18.2 Å². The zero-order valence-corrected chi connectivity index (χ0v) is 18.0. The molecule has 0 bridgehead atoms. The van der Waals surface area contributed by atoms with Crippen molar-refractivity contribution in [3.63, 3.8) is 0 Å². The lowest BCUT2D eigenvalue weighted by Crippen LogP contribution is -2.40. The maximum Gasteiger partial charge on any atom is 0.416 e. The van der Waals surface area contributed by atoms with Gasteiger partial charge in [0.1, 0.15) is 5.75 Å². The fourth-order valence-corrected chi connectivity index (χ4v) is 3.49. The number of amides is 2. The molecule has 32 heavy (non-hydrogen) atoms. The van der Waals surface area contributed by atoms with E-state index < -0.39 is 17.8 Å². The van der Waals surface area contributed by atoms with Crippen LogP contribution >= 0.6 is 0 Å². The number of halogens is 3. The lowest BCUT2D eigenvalue weighted by molar-refractivity contribution is -0.137. The van der Waals surface area contributed by atoms with Gasteiger partial charge in [-0.25, -0.2) is 4.79 Å². The first kappa shape index (κ1) is 23.9. The summed E-state index contributed by atoms with van der Waals surface area (Å²) in [5.74, 6) is 0.709. The smallest absolute Gasteiger partial charge is 0.416 e. The van der Waals surface area contributed by atoms with Crippen LogP contribution in [0, 0.1) is 0 Å². The van der Waals surface area contributed by atoms with Crippen molar-refractivity contribution in [2.75, 3.05) is 51.8 Å². The van der Waals surface area contributed by atoms with Crippen molar-refractivity contribution < 1.29 is 27.4 Å². The average molecular weight is 451 g/mol. The molecule has 2 aromatic rings. The van der Waals surface area contributed by atoms with Gasteiger partial charge in [-0.3, -0.25) is 4.90 Å². The molecule has 0 radical (unpaired) electrons. The summed E-state index contributed by atoms with van der Waals surface area (Å²) >= 11 is 0. The van der Waals surface area contributed by atoms with E-state index >= 15 is 0 Å². The van der Waals surface area contributed by atoms with E-state index in [0.29, 0.717) is 32.1 Å². The molecule has 1 aliphatic rings. The van der Waals surface area contributed by atoms with Gasteiger partial charge in [0, 0.05) is 38.4 Å². The Balaban J connectivity index is 1.67. The van der Waals surface area contributed by atoms with Crippen LogP contribution < -0.4 is 10.1 Å². The maximum absolute atomic E-state index is 13.0. The highest BCUT2D eigenvalue weighted by atomic mass is 19.4. The van der Waals surface area contributed by atoms with Gasteiger partial charge < -0.3 is 19.7 Å². The van der Waals surface area contributed by atoms with Gasteiger partial charge in [-0.2, -0.15) is 13.2 Å². The summed E-state index contributed by atoms with van der Waals surface area (Å²) in [6, 6.07) is 11.6. The number of carbonyl (C=O) groups is 1. The molecule has 2 amide bonds. The Kier molecular flexibility index (Phi) is 8.35. The second-order valence-electron chi connectivity index (χ2n) is 7.59. The van der Waals surface area contributed by atoms with Crippen molar-refractivity contribution in [3.05, 3.63) is 59.7 Å². The zero-order chi connectivity index (χ0) is 23.0. The summed E-state index contributed by atoms with van der Waals surface area (Å²) in [7, 11) is 1.58. The third-order valence-corrected chi connectivity index (χ3v) is 5.27.